The van der Waals surface area contributed by atoms with Crippen LogP contribution in [0.15, 0.2) is 193 Å². The smallest absolute Gasteiger partial charge is 0.231 e. The summed E-state index contributed by atoms with van der Waals surface area (Å²) in [5.74, 6) is 8.18. The molecule has 0 saturated heterocycles. The van der Waals surface area contributed by atoms with Crippen molar-refractivity contribution >= 4 is 54.1 Å². The number of hydrogen-bond donors (Lipinski definition) is 1. The minimum absolute atomic E-state index is 0.0340. The van der Waals surface area contributed by atoms with Gasteiger partial charge < -0.3 is 33.2 Å². The van der Waals surface area contributed by atoms with Gasteiger partial charge in [0, 0.05) is 17.4 Å². The van der Waals surface area contributed by atoms with Crippen LogP contribution < -0.4 is 23.7 Å². The van der Waals surface area contributed by atoms with Gasteiger partial charge in [0.1, 0.15) is 17.3 Å². The Kier molecular flexibility index (Phi) is 38.1. The van der Waals surface area contributed by atoms with Gasteiger partial charge in [-0.15, -0.1) is 0 Å². The molecule has 0 unspecified atom stereocenters. The number of ether oxygens (including phenoxy) is 5. The molecule has 1 aliphatic rings. The number of furan rings is 1. The molecule has 0 aliphatic carbocycles. The number of fused-ring (bicyclic) bond motifs is 1. The van der Waals surface area contributed by atoms with E-state index >= 15 is 0 Å². The molecule has 5 aromatic carbocycles. The van der Waals surface area contributed by atoms with Crippen molar-refractivity contribution in [1.82, 2.24) is 4.98 Å². The topological polar surface area (TPSA) is 92.4 Å². The minimum Gasteiger partial charge on any atom is -0.502 e. The molecule has 0 amide bonds. The number of benzene rings is 5. The molecule has 88 heavy (non-hydrogen) atoms. The summed E-state index contributed by atoms with van der Waals surface area (Å²) in [6.45, 7) is 30.3. The first-order valence-electron chi connectivity index (χ1n) is 30.2. The van der Waals surface area contributed by atoms with Gasteiger partial charge in [-0.05, 0) is 160 Å². The molecule has 8 rings (SSSR count). The Morgan fingerprint density at radius 1 is 0.443 bits per heavy atom. The Morgan fingerprint density at radius 2 is 0.852 bits per heavy atom. The van der Waals surface area contributed by atoms with Crippen LogP contribution in [0.25, 0.3) is 42.5 Å². The number of phenolic OH excluding ortho intramolecular Hbond substituents is 1. The Balaban J connectivity index is 0.000000352. The van der Waals surface area contributed by atoms with Crippen molar-refractivity contribution in [3.05, 3.63) is 239 Å². The highest BCUT2D eigenvalue weighted by atomic mass is 35.5. The minimum atomic E-state index is -0.184. The first kappa shape index (κ1) is 75.8. The van der Waals surface area contributed by atoms with E-state index in [4.69, 9.17) is 39.7 Å². The van der Waals surface area contributed by atoms with E-state index in [9.17, 15) is 9.50 Å². The fourth-order valence-electron chi connectivity index (χ4n) is 6.86. The van der Waals surface area contributed by atoms with Gasteiger partial charge in [-0.2, -0.15) is 0 Å². The van der Waals surface area contributed by atoms with Crippen LogP contribution in [0.2, 0.25) is 5.02 Å². The summed E-state index contributed by atoms with van der Waals surface area (Å²) in [7, 11) is 4.72. The molecule has 1 N–H and O–H groups in total. The zero-order valence-electron chi connectivity index (χ0n) is 55.3. The standard InChI is InChI=1S/C13H18O3.C12H14O2.C12H16O.C11H13Cl.C11H13F.C10H13N.C9H12O/c1-9(2)5-6-10-7-11(15-3)13(14)12(8-10)16-4;1-9(2)3-4-10-5-6-11-12(7-10)14-8-13-11;1-10(2)4-5-11-6-8-12(13-3)9-7-11;2*1-9(2)3-4-10-5-7-11(12)8-6-10;1-9(2)5-6-10-4-3-7-11-8-10;1-8(2)5-6-9-4-3-7-10-9/h5-9,14H,1-4H3;3-7,9H,8H2,1-2H3;4-10H,1-3H3;2*3-9H,1-2H3;3-9H,1-2H3;3-8H,1-2H3/b6-5+;4-3+;5-4+;2*4-3+;2*6-5+. The number of nitrogens with zero attached hydrogens (tertiary/aromatic N) is 1. The number of rotatable bonds is 17. The lowest BCUT2D eigenvalue weighted by Gasteiger charge is -2.09. The molecule has 0 saturated carbocycles. The van der Waals surface area contributed by atoms with Crippen LogP contribution in [0.4, 0.5) is 4.39 Å². The van der Waals surface area contributed by atoms with E-state index in [1.54, 1.807) is 43.8 Å². The second-order valence-corrected chi connectivity index (χ2v) is 23.2. The summed E-state index contributed by atoms with van der Waals surface area (Å²) < 4.78 is 43.3. The van der Waals surface area contributed by atoms with Crippen molar-refractivity contribution < 1.29 is 37.6 Å². The predicted octanol–water partition coefficient (Wildman–Crippen LogP) is 22.7. The number of aromatic hydroxyl groups is 1. The maximum atomic E-state index is 12.5. The highest BCUT2D eigenvalue weighted by Crippen LogP contribution is 2.37. The second kappa shape index (κ2) is 44.2. The van der Waals surface area contributed by atoms with Crippen molar-refractivity contribution in [2.24, 2.45) is 41.4 Å². The molecule has 0 radical (unpaired) electrons. The van der Waals surface area contributed by atoms with Crippen molar-refractivity contribution in [3.8, 4) is 34.5 Å². The average molecular weight is 1220 g/mol. The van der Waals surface area contributed by atoms with Crippen molar-refractivity contribution in [2.75, 3.05) is 28.1 Å². The Morgan fingerprint density at radius 3 is 1.27 bits per heavy atom. The number of halogens is 2. The second-order valence-electron chi connectivity index (χ2n) is 22.8. The summed E-state index contributed by atoms with van der Waals surface area (Å²) >= 11 is 5.75. The average Bonchev–Trinajstić information content (AvgIpc) is 4.41. The quantitative estimate of drug-likeness (QED) is 0.0964. The molecule has 8 nitrogen and oxygen atoms in total. The van der Waals surface area contributed by atoms with Gasteiger partial charge in [0.05, 0.1) is 27.6 Å². The number of phenols is 1. The lowest BCUT2D eigenvalue weighted by molar-refractivity contribution is 0.174. The van der Waals surface area contributed by atoms with E-state index in [1.807, 2.05) is 103 Å². The van der Waals surface area contributed by atoms with Gasteiger partial charge >= 0.3 is 0 Å². The third kappa shape index (κ3) is 36.0. The molecule has 10 heteroatoms. The largest absolute Gasteiger partial charge is 0.502 e. The van der Waals surface area contributed by atoms with E-state index in [-0.39, 0.29) is 11.6 Å². The van der Waals surface area contributed by atoms with Crippen LogP contribution >= 0.6 is 11.6 Å². The molecule has 1 aliphatic heterocycles. The fourth-order valence-corrected chi connectivity index (χ4v) is 6.98. The summed E-state index contributed by atoms with van der Waals surface area (Å²) in [6.07, 6.45) is 34.7. The van der Waals surface area contributed by atoms with Crippen LogP contribution in [0.3, 0.4) is 0 Å². The summed E-state index contributed by atoms with van der Waals surface area (Å²) in [5.41, 5.74) is 6.73. The Labute approximate surface area is 533 Å². The molecular weight excluding hydrogens is 1120 g/mol. The van der Waals surface area contributed by atoms with Gasteiger partial charge in [0.15, 0.2) is 23.0 Å². The monoisotopic (exact) mass is 1220 g/mol. The van der Waals surface area contributed by atoms with Crippen LogP contribution in [0, 0.1) is 47.2 Å². The lowest BCUT2D eigenvalue weighted by atomic mass is 10.1. The SMILES string of the molecule is CC(C)/C=C/c1ccc(Cl)cc1.CC(C)/C=C/c1ccc(F)cc1.CC(C)/C=C/c1ccc2c(c1)OCO2.CC(C)/C=C/c1cccnc1.CC(C)/C=C/c1ccco1.COc1cc(/C=C/C(C)C)cc(OC)c1O.COc1ccc(/C=C/C(C)C)cc1. The van der Waals surface area contributed by atoms with E-state index in [1.165, 1.54) is 43.0 Å². The van der Waals surface area contributed by atoms with E-state index in [0.717, 1.165) is 44.7 Å². The first-order valence-corrected chi connectivity index (χ1v) is 30.6. The zero-order valence-corrected chi connectivity index (χ0v) is 56.0. The van der Waals surface area contributed by atoms with Gasteiger partial charge in [-0.3, -0.25) is 4.98 Å². The van der Waals surface area contributed by atoms with Crippen molar-refractivity contribution in [2.45, 2.75) is 96.9 Å². The lowest BCUT2D eigenvalue weighted by Crippen LogP contribution is -1.92. The predicted molar refractivity (Wildman–Crippen MR) is 375 cm³/mol. The maximum Gasteiger partial charge on any atom is 0.231 e. The molecule has 0 spiro atoms. The Bertz CT molecular complexity index is 3060. The fraction of sp³-hybridized carbons (Fsp3) is 0.321. The van der Waals surface area contributed by atoms with Crippen LogP contribution in [-0.2, 0) is 0 Å². The number of pyridine rings is 1. The molecule has 7 aromatic rings. The van der Waals surface area contributed by atoms with Crippen molar-refractivity contribution in [1.29, 1.82) is 0 Å². The number of aromatic nitrogens is 1. The zero-order chi connectivity index (χ0) is 65.2. The normalized spacial score (nSPS) is 11.7. The summed E-state index contributed by atoms with van der Waals surface area (Å²) in [5, 5.41) is 10.5. The number of methoxy groups -OCH3 is 3. The molecule has 0 atom stereocenters. The summed E-state index contributed by atoms with van der Waals surface area (Å²) in [6, 6.07) is 39.7. The third-order valence-corrected chi connectivity index (χ3v) is 11.9. The molecule has 2 aromatic heterocycles. The van der Waals surface area contributed by atoms with Crippen LogP contribution in [0.1, 0.15) is 136 Å². The Hall–Kier alpha value is -8.27. The first-order chi connectivity index (χ1) is 42.0. The third-order valence-electron chi connectivity index (χ3n) is 11.7. The highest BCUT2D eigenvalue weighted by Gasteiger charge is 2.12. The maximum absolute atomic E-state index is 12.5. The van der Waals surface area contributed by atoms with E-state index < -0.39 is 0 Å². The van der Waals surface area contributed by atoms with Crippen LogP contribution in [0.5, 0.6) is 34.5 Å². The highest BCUT2D eigenvalue weighted by molar-refractivity contribution is 6.30. The number of allylic oxidation sites excluding steroid dienone is 7. The van der Waals surface area contributed by atoms with Gasteiger partial charge in [-0.1, -0.05) is 236 Å². The number of hydrogen-bond acceptors (Lipinski definition) is 8. The molecule has 472 valence electrons. The van der Waals surface area contributed by atoms with Crippen LogP contribution in [-0.4, -0.2) is 38.2 Å². The van der Waals surface area contributed by atoms with Gasteiger partial charge in [0.25, 0.3) is 0 Å². The molecule has 3 heterocycles. The van der Waals surface area contributed by atoms with Gasteiger partial charge in [-0.25, -0.2) is 4.39 Å². The van der Waals surface area contributed by atoms with E-state index in [0.29, 0.717) is 59.7 Å². The summed E-state index contributed by atoms with van der Waals surface area (Å²) in [4.78, 5) is 4.01. The molecule has 0 bridgehead atoms. The van der Waals surface area contributed by atoms with E-state index in [2.05, 4.69) is 181 Å². The van der Waals surface area contributed by atoms with Gasteiger partial charge in [0.2, 0.25) is 12.5 Å². The van der Waals surface area contributed by atoms with Crippen molar-refractivity contribution in [3.63, 3.8) is 0 Å². The molecular formula is C78H99ClFNO7. The molecule has 0 fully saturated rings.